The smallest absolute Gasteiger partial charge is 0.122 e. The Balaban J connectivity index is 1.91. The lowest BCUT2D eigenvalue weighted by atomic mass is 10.5. The van der Waals surface area contributed by atoms with Crippen LogP contribution < -0.4 is 5.32 Å². The summed E-state index contributed by atoms with van der Waals surface area (Å²) in [7, 11) is 0. The molecular formula is C9H15N3. The SMILES string of the molecule is CCn1ccnc1CNC1CC1. The molecule has 0 saturated heterocycles. The largest absolute Gasteiger partial charge is 0.334 e. The van der Waals surface area contributed by atoms with Crippen molar-refractivity contribution in [1.29, 1.82) is 0 Å². The van der Waals surface area contributed by atoms with Gasteiger partial charge in [0.25, 0.3) is 0 Å². The summed E-state index contributed by atoms with van der Waals surface area (Å²) in [5.41, 5.74) is 0. The van der Waals surface area contributed by atoms with Gasteiger partial charge in [0.1, 0.15) is 5.82 Å². The molecule has 1 aliphatic rings. The fourth-order valence-corrected chi connectivity index (χ4v) is 1.32. The predicted molar refractivity (Wildman–Crippen MR) is 47.8 cm³/mol. The third-order valence-corrected chi connectivity index (χ3v) is 2.27. The number of aromatic nitrogens is 2. The van der Waals surface area contributed by atoms with E-state index >= 15 is 0 Å². The van der Waals surface area contributed by atoms with Crippen molar-refractivity contribution >= 4 is 0 Å². The minimum absolute atomic E-state index is 0.770. The molecule has 1 aromatic rings. The highest BCUT2D eigenvalue weighted by atomic mass is 15.1. The number of imidazole rings is 1. The molecule has 0 radical (unpaired) electrons. The van der Waals surface area contributed by atoms with E-state index in [-0.39, 0.29) is 0 Å². The fourth-order valence-electron chi connectivity index (χ4n) is 1.32. The maximum absolute atomic E-state index is 4.29. The van der Waals surface area contributed by atoms with Crippen LogP contribution in [0.25, 0.3) is 0 Å². The molecule has 1 aromatic heterocycles. The second-order valence-corrected chi connectivity index (χ2v) is 3.28. The Morgan fingerprint density at radius 3 is 3.17 bits per heavy atom. The van der Waals surface area contributed by atoms with Gasteiger partial charge in [-0.3, -0.25) is 0 Å². The monoisotopic (exact) mass is 165 g/mol. The summed E-state index contributed by atoms with van der Waals surface area (Å²) >= 11 is 0. The Labute approximate surface area is 72.8 Å². The van der Waals surface area contributed by atoms with Crippen molar-refractivity contribution in [1.82, 2.24) is 14.9 Å². The summed E-state index contributed by atoms with van der Waals surface area (Å²) in [5.74, 6) is 1.16. The first-order chi connectivity index (χ1) is 5.90. The molecule has 0 atom stereocenters. The maximum atomic E-state index is 4.29. The molecule has 1 N–H and O–H groups in total. The molecule has 12 heavy (non-hydrogen) atoms. The molecule has 0 aliphatic heterocycles. The standard InChI is InChI=1S/C9H15N3/c1-2-12-6-5-10-9(12)7-11-8-3-4-8/h5-6,8,11H,2-4,7H2,1H3. The van der Waals surface area contributed by atoms with Gasteiger partial charge in [0.15, 0.2) is 0 Å². The van der Waals surface area contributed by atoms with Crippen LogP contribution in [0.2, 0.25) is 0 Å². The van der Waals surface area contributed by atoms with Gasteiger partial charge in [-0.1, -0.05) is 0 Å². The average molecular weight is 165 g/mol. The van der Waals surface area contributed by atoms with Crippen molar-refractivity contribution in [3.63, 3.8) is 0 Å². The zero-order valence-corrected chi connectivity index (χ0v) is 7.45. The van der Waals surface area contributed by atoms with Crippen molar-refractivity contribution in [2.75, 3.05) is 0 Å². The second-order valence-electron chi connectivity index (χ2n) is 3.28. The first-order valence-corrected chi connectivity index (χ1v) is 4.63. The topological polar surface area (TPSA) is 29.9 Å². The van der Waals surface area contributed by atoms with Gasteiger partial charge in [0.05, 0.1) is 6.54 Å². The van der Waals surface area contributed by atoms with Crippen LogP contribution in [0.4, 0.5) is 0 Å². The van der Waals surface area contributed by atoms with Gasteiger partial charge in [-0.2, -0.15) is 0 Å². The van der Waals surface area contributed by atoms with Crippen LogP contribution in [0.1, 0.15) is 25.6 Å². The molecule has 0 unspecified atom stereocenters. The Morgan fingerprint density at radius 2 is 2.50 bits per heavy atom. The molecule has 3 heteroatoms. The number of hydrogen-bond acceptors (Lipinski definition) is 2. The molecule has 1 fully saturated rings. The van der Waals surface area contributed by atoms with Gasteiger partial charge in [-0.05, 0) is 19.8 Å². The van der Waals surface area contributed by atoms with E-state index in [0.29, 0.717) is 0 Å². The molecule has 0 aromatic carbocycles. The van der Waals surface area contributed by atoms with E-state index in [1.54, 1.807) is 0 Å². The van der Waals surface area contributed by atoms with E-state index < -0.39 is 0 Å². The molecule has 66 valence electrons. The molecule has 3 nitrogen and oxygen atoms in total. The Hall–Kier alpha value is -0.830. The normalized spacial score (nSPS) is 16.8. The summed E-state index contributed by atoms with van der Waals surface area (Å²) in [6, 6.07) is 0.770. The highest BCUT2D eigenvalue weighted by Gasteiger charge is 2.20. The van der Waals surface area contributed by atoms with Crippen LogP contribution in [-0.2, 0) is 13.1 Å². The Kier molecular flexibility index (Phi) is 2.13. The van der Waals surface area contributed by atoms with Crippen LogP contribution in [0.15, 0.2) is 12.4 Å². The van der Waals surface area contributed by atoms with Gasteiger partial charge in [-0.25, -0.2) is 4.98 Å². The molecule has 0 amide bonds. The second kappa shape index (κ2) is 3.27. The third-order valence-electron chi connectivity index (χ3n) is 2.27. The average Bonchev–Trinajstić information content (AvgIpc) is 2.81. The van der Waals surface area contributed by atoms with E-state index in [0.717, 1.165) is 25.0 Å². The van der Waals surface area contributed by atoms with Crippen molar-refractivity contribution in [2.45, 2.75) is 38.9 Å². The van der Waals surface area contributed by atoms with Gasteiger partial charge in [-0.15, -0.1) is 0 Å². The highest BCUT2D eigenvalue weighted by molar-refractivity contribution is 4.93. The lowest BCUT2D eigenvalue weighted by Gasteiger charge is -2.04. The minimum Gasteiger partial charge on any atom is -0.334 e. The lowest BCUT2D eigenvalue weighted by molar-refractivity contribution is 0.610. The van der Waals surface area contributed by atoms with Crippen molar-refractivity contribution in [3.05, 3.63) is 18.2 Å². The van der Waals surface area contributed by atoms with Crippen LogP contribution in [0.3, 0.4) is 0 Å². The van der Waals surface area contributed by atoms with Gasteiger partial charge in [0, 0.05) is 25.0 Å². The quantitative estimate of drug-likeness (QED) is 0.725. The van der Waals surface area contributed by atoms with E-state index in [1.807, 2.05) is 12.4 Å². The highest BCUT2D eigenvalue weighted by Crippen LogP contribution is 2.18. The van der Waals surface area contributed by atoms with Crippen molar-refractivity contribution in [2.24, 2.45) is 0 Å². The zero-order chi connectivity index (χ0) is 8.39. The molecule has 0 spiro atoms. The van der Waals surface area contributed by atoms with Crippen LogP contribution in [-0.4, -0.2) is 15.6 Å². The minimum atomic E-state index is 0.770. The van der Waals surface area contributed by atoms with Crippen molar-refractivity contribution < 1.29 is 0 Å². The summed E-state index contributed by atoms with van der Waals surface area (Å²) in [5, 5.41) is 3.45. The Morgan fingerprint density at radius 1 is 1.67 bits per heavy atom. The van der Waals surface area contributed by atoms with Gasteiger partial charge < -0.3 is 9.88 Å². The first-order valence-electron chi connectivity index (χ1n) is 4.63. The molecule has 0 bridgehead atoms. The molecular weight excluding hydrogens is 150 g/mol. The van der Waals surface area contributed by atoms with E-state index in [4.69, 9.17) is 0 Å². The summed E-state index contributed by atoms with van der Waals surface area (Å²) < 4.78 is 2.18. The number of rotatable bonds is 4. The van der Waals surface area contributed by atoms with E-state index in [1.165, 1.54) is 12.8 Å². The fraction of sp³-hybridized carbons (Fsp3) is 0.667. The zero-order valence-electron chi connectivity index (χ0n) is 7.45. The van der Waals surface area contributed by atoms with Crippen LogP contribution in [0.5, 0.6) is 0 Å². The Bertz CT molecular complexity index is 250. The number of nitrogens with zero attached hydrogens (tertiary/aromatic N) is 2. The van der Waals surface area contributed by atoms with E-state index in [2.05, 4.69) is 21.8 Å². The summed E-state index contributed by atoms with van der Waals surface area (Å²) in [6.45, 7) is 4.08. The molecule has 2 rings (SSSR count). The third kappa shape index (κ3) is 1.67. The van der Waals surface area contributed by atoms with Gasteiger partial charge >= 0.3 is 0 Å². The first kappa shape index (κ1) is 7.80. The number of nitrogens with one attached hydrogen (secondary N) is 1. The van der Waals surface area contributed by atoms with E-state index in [9.17, 15) is 0 Å². The number of hydrogen-bond donors (Lipinski definition) is 1. The van der Waals surface area contributed by atoms with Crippen molar-refractivity contribution in [3.8, 4) is 0 Å². The lowest BCUT2D eigenvalue weighted by Crippen LogP contribution is -2.18. The summed E-state index contributed by atoms with van der Waals surface area (Å²) in [4.78, 5) is 4.29. The predicted octanol–water partition coefficient (Wildman–Crippen LogP) is 1.15. The van der Waals surface area contributed by atoms with Gasteiger partial charge in [0.2, 0.25) is 0 Å². The number of aryl methyl sites for hydroxylation is 1. The van der Waals surface area contributed by atoms with Crippen LogP contribution >= 0.6 is 0 Å². The maximum Gasteiger partial charge on any atom is 0.122 e. The molecule has 1 heterocycles. The molecule has 1 saturated carbocycles. The molecule has 1 aliphatic carbocycles. The van der Waals surface area contributed by atoms with Crippen LogP contribution in [0, 0.1) is 0 Å². The summed E-state index contributed by atoms with van der Waals surface area (Å²) in [6.07, 6.45) is 6.58.